The summed E-state index contributed by atoms with van der Waals surface area (Å²) in [6.45, 7) is 4.34. The molecule has 5 heteroatoms. The first-order valence-corrected chi connectivity index (χ1v) is 9.82. The molecule has 6 rings (SSSR count). The molecule has 0 saturated carbocycles. The third-order valence-electron chi connectivity index (χ3n) is 6.27. The SMILES string of the molecule is CC1CC2(CN(c3cccnc3)C2)c2cc(-c3cnc4ccccc4c3)nn21. The molecule has 0 N–H and O–H groups in total. The van der Waals surface area contributed by atoms with Crippen LogP contribution in [0, 0.1) is 0 Å². The molecule has 1 spiro atoms. The van der Waals surface area contributed by atoms with Crippen molar-refractivity contribution in [3.63, 3.8) is 0 Å². The second kappa shape index (κ2) is 5.64. The van der Waals surface area contributed by atoms with Gasteiger partial charge in [-0.05, 0) is 43.7 Å². The average Bonchev–Trinajstić information content (AvgIpc) is 3.26. The number of hydrogen-bond donors (Lipinski definition) is 0. The van der Waals surface area contributed by atoms with Gasteiger partial charge in [-0.3, -0.25) is 14.6 Å². The van der Waals surface area contributed by atoms with Gasteiger partial charge in [-0.25, -0.2) is 0 Å². The number of rotatable bonds is 2. The van der Waals surface area contributed by atoms with E-state index in [1.807, 2.05) is 36.8 Å². The molecular weight excluding hydrogens is 346 g/mol. The van der Waals surface area contributed by atoms with E-state index in [0.717, 1.165) is 41.7 Å². The van der Waals surface area contributed by atoms with Crippen LogP contribution in [0.2, 0.25) is 0 Å². The topological polar surface area (TPSA) is 46.8 Å². The van der Waals surface area contributed by atoms with Crippen LogP contribution in [0.25, 0.3) is 22.2 Å². The molecule has 138 valence electrons. The molecule has 1 unspecified atom stereocenters. The Morgan fingerprint density at radius 3 is 2.79 bits per heavy atom. The molecule has 28 heavy (non-hydrogen) atoms. The molecule has 2 aliphatic rings. The molecule has 5 nitrogen and oxygen atoms in total. The van der Waals surface area contributed by atoms with Gasteiger partial charge in [0.15, 0.2) is 0 Å². The third kappa shape index (κ3) is 2.22. The second-order valence-corrected chi connectivity index (χ2v) is 8.18. The normalized spacial score (nSPS) is 19.8. The van der Waals surface area contributed by atoms with E-state index < -0.39 is 0 Å². The van der Waals surface area contributed by atoms with Crippen LogP contribution in [0.15, 0.2) is 67.1 Å². The van der Waals surface area contributed by atoms with Crippen LogP contribution in [-0.4, -0.2) is 32.8 Å². The Morgan fingerprint density at radius 1 is 1.04 bits per heavy atom. The zero-order chi connectivity index (χ0) is 18.7. The third-order valence-corrected chi connectivity index (χ3v) is 6.27. The number of anilines is 1. The van der Waals surface area contributed by atoms with Gasteiger partial charge in [0.25, 0.3) is 0 Å². The zero-order valence-electron chi connectivity index (χ0n) is 15.8. The molecule has 5 heterocycles. The van der Waals surface area contributed by atoms with Crippen molar-refractivity contribution in [1.29, 1.82) is 0 Å². The van der Waals surface area contributed by atoms with Crippen LogP contribution >= 0.6 is 0 Å². The minimum absolute atomic E-state index is 0.199. The first kappa shape index (κ1) is 15.8. The van der Waals surface area contributed by atoms with Crippen molar-refractivity contribution in [2.45, 2.75) is 24.8 Å². The van der Waals surface area contributed by atoms with Gasteiger partial charge in [0.2, 0.25) is 0 Å². The van der Waals surface area contributed by atoms with Crippen LogP contribution in [0.3, 0.4) is 0 Å². The number of nitrogens with zero attached hydrogens (tertiary/aromatic N) is 5. The Bertz CT molecular complexity index is 1170. The van der Waals surface area contributed by atoms with Crippen molar-refractivity contribution in [1.82, 2.24) is 19.7 Å². The summed E-state index contributed by atoms with van der Waals surface area (Å²) in [7, 11) is 0. The standard InChI is InChI=1S/C23H21N5/c1-16-11-23(14-27(15-23)19-6-4-8-24-13-19)22-10-21(26-28(16)22)18-9-17-5-2-3-7-20(17)25-12-18/h2-10,12-13,16H,11,14-15H2,1H3. The van der Waals surface area contributed by atoms with Crippen LogP contribution in [0.4, 0.5) is 5.69 Å². The summed E-state index contributed by atoms with van der Waals surface area (Å²) in [6, 6.07) is 17.3. The lowest BCUT2D eigenvalue weighted by molar-refractivity contribution is 0.314. The zero-order valence-corrected chi connectivity index (χ0v) is 15.8. The highest BCUT2D eigenvalue weighted by Gasteiger charge is 2.52. The Morgan fingerprint density at radius 2 is 1.93 bits per heavy atom. The lowest BCUT2D eigenvalue weighted by Gasteiger charge is -2.49. The molecule has 3 aromatic heterocycles. The highest BCUT2D eigenvalue weighted by Crippen LogP contribution is 2.49. The highest BCUT2D eigenvalue weighted by molar-refractivity contribution is 5.82. The Hall–Kier alpha value is -3.21. The first-order chi connectivity index (χ1) is 13.7. The van der Waals surface area contributed by atoms with Crippen molar-refractivity contribution in [3.05, 3.63) is 72.8 Å². The summed E-state index contributed by atoms with van der Waals surface area (Å²) in [5.41, 5.74) is 5.91. The molecule has 4 aromatic rings. The molecule has 1 atom stereocenters. The number of para-hydroxylation sites is 1. The average molecular weight is 367 g/mol. The monoisotopic (exact) mass is 367 g/mol. The van der Waals surface area contributed by atoms with Gasteiger partial charge in [-0.1, -0.05) is 18.2 Å². The summed E-state index contributed by atoms with van der Waals surface area (Å²) in [5, 5.41) is 6.12. The number of pyridine rings is 2. The minimum Gasteiger partial charge on any atom is -0.368 e. The Labute approximate surface area is 163 Å². The van der Waals surface area contributed by atoms with E-state index >= 15 is 0 Å². The largest absolute Gasteiger partial charge is 0.368 e. The molecule has 0 radical (unpaired) electrons. The van der Waals surface area contributed by atoms with E-state index in [1.54, 1.807) is 0 Å². The fourth-order valence-electron chi connectivity index (χ4n) is 4.93. The molecule has 0 amide bonds. The number of fused-ring (bicyclic) bond motifs is 3. The van der Waals surface area contributed by atoms with Crippen LogP contribution in [0.1, 0.15) is 25.1 Å². The van der Waals surface area contributed by atoms with Crippen molar-refractivity contribution in [3.8, 4) is 11.3 Å². The van der Waals surface area contributed by atoms with E-state index in [0.29, 0.717) is 6.04 Å². The highest BCUT2D eigenvalue weighted by atomic mass is 15.4. The van der Waals surface area contributed by atoms with E-state index in [9.17, 15) is 0 Å². The molecule has 1 aromatic carbocycles. The van der Waals surface area contributed by atoms with Crippen molar-refractivity contribution in [2.75, 3.05) is 18.0 Å². The van der Waals surface area contributed by atoms with Crippen LogP contribution in [0.5, 0.6) is 0 Å². The lowest BCUT2D eigenvalue weighted by atomic mass is 9.74. The summed E-state index contributed by atoms with van der Waals surface area (Å²) in [6.07, 6.45) is 6.88. The summed E-state index contributed by atoms with van der Waals surface area (Å²) < 4.78 is 2.24. The maximum Gasteiger partial charge on any atom is 0.0942 e. The first-order valence-electron chi connectivity index (χ1n) is 9.82. The van der Waals surface area contributed by atoms with Gasteiger partial charge in [0, 0.05) is 47.5 Å². The van der Waals surface area contributed by atoms with E-state index in [1.165, 1.54) is 11.4 Å². The van der Waals surface area contributed by atoms with Crippen LogP contribution in [-0.2, 0) is 5.41 Å². The van der Waals surface area contributed by atoms with Crippen molar-refractivity contribution in [2.24, 2.45) is 0 Å². The molecule has 0 aliphatic carbocycles. The minimum atomic E-state index is 0.199. The molecule has 0 bridgehead atoms. The summed E-state index contributed by atoms with van der Waals surface area (Å²) in [5.74, 6) is 0. The fourth-order valence-corrected chi connectivity index (χ4v) is 4.93. The van der Waals surface area contributed by atoms with Gasteiger partial charge < -0.3 is 4.90 Å². The Balaban J connectivity index is 1.35. The number of benzene rings is 1. The van der Waals surface area contributed by atoms with E-state index in [-0.39, 0.29) is 5.41 Å². The lowest BCUT2D eigenvalue weighted by Crippen LogP contribution is -2.58. The van der Waals surface area contributed by atoms with Crippen molar-refractivity contribution < 1.29 is 0 Å². The predicted octanol–water partition coefficient (Wildman–Crippen LogP) is 4.22. The van der Waals surface area contributed by atoms with Gasteiger partial charge in [-0.2, -0.15) is 5.10 Å². The van der Waals surface area contributed by atoms with E-state index in [4.69, 9.17) is 5.10 Å². The second-order valence-electron chi connectivity index (χ2n) is 8.18. The number of aromatic nitrogens is 4. The molecule has 2 aliphatic heterocycles. The quantitative estimate of drug-likeness (QED) is 0.532. The Kier molecular flexibility index (Phi) is 3.19. The number of hydrogen-bond acceptors (Lipinski definition) is 4. The van der Waals surface area contributed by atoms with Crippen molar-refractivity contribution >= 4 is 16.6 Å². The predicted molar refractivity (Wildman–Crippen MR) is 110 cm³/mol. The van der Waals surface area contributed by atoms with E-state index in [2.05, 4.69) is 56.8 Å². The maximum absolute atomic E-state index is 4.97. The van der Waals surface area contributed by atoms with Crippen LogP contribution < -0.4 is 4.90 Å². The van der Waals surface area contributed by atoms with Gasteiger partial charge in [0.05, 0.1) is 29.1 Å². The summed E-state index contributed by atoms with van der Waals surface area (Å²) >= 11 is 0. The molecule has 1 saturated heterocycles. The van der Waals surface area contributed by atoms with Gasteiger partial charge >= 0.3 is 0 Å². The smallest absolute Gasteiger partial charge is 0.0942 e. The molecule has 1 fully saturated rings. The fraction of sp³-hybridized carbons (Fsp3) is 0.261. The maximum atomic E-state index is 4.97. The van der Waals surface area contributed by atoms with Gasteiger partial charge in [0.1, 0.15) is 0 Å². The molecular formula is C23H21N5. The van der Waals surface area contributed by atoms with Gasteiger partial charge in [-0.15, -0.1) is 0 Å². The summed E-state index contributed by atoms with van der Waals surface area (Å²) in [4.78, 5) is 11.3.